The van der Waals surface area contributed by atoms with Crippen molar-refractivity contribution in [3.05, 3.63) is 91.5 Å². The first-order valence-electron chi connectivity index (χ1n) is 9.74. The van der Waals surface area contributed by atoms with Crippen molar-refractivity contribution >= 4 is 34.8 Å². The fraction of sp³-hybridized carbons (Fsp3) is 0.136. The van der Waals surface area contributed by atoms with Gasteiger partial charge >= 0.3 is 0 Å². The van der Waals surface area contributed by atoms with Gasteiger partial charge in [0.1, 0.15) is 11.7 Å². The minimum atomic E-state index is -1.21. The van der Waals surface area contributed by atoms with Crippen LogP contribution in [0.5, 0.6) is 11.8 Å². The molecule has 33 heavy (non-hydrogen) atoms. The number of fused-ring (bicyclic) bond motifs is 5. The van der Waals surface area contributed by atoms with E-state index in [-0.39, 0.29) is 34.6 Å². The molecule has 2 aromatic carbocycles. The highest BCUT2D eigenvalue weighted by atomic mass is 35.5. The van der Waals surface area contributed by atoms with E-state index in [0.29, 0.717) is 21.8 Å². The van der Waals surface area contributed by atoms with Crippen LogP contribution in [0.15, 0.2) is 54.6 Å². The van der Waals surface area contributed by atoms with Gasteiger partial charge in [0.2, 0.25) is 11.8 Å². The Morgan fingerprint density at radius 1 is 1.18 bits per heavy atom. The van der Waals surface area contributed by atoms with E-state index in [1.807, 2.05) is 0 Å². The molecular formula is C22H15Cl2N3O6. The Labute approximate surface area is 196 Å². The lowest BCUT2D eigenvalue weighted by Gasteiger charge is -2.24. The monoisotopic (exact) mass is 487 g/mol. The first-order chi connectivity index (χ1) is 15.7. The van der Waals surface area contributed by atoms with Crippen molar-refractivity contribution in [2.45, 2.75) is 11.7 Å². The number of aromatic nitrogens is 1. The van der Waals surface area contributed by atoms with Crippen LogP contribution in [0.2, 0.25) is 10.0 Å². The zero-order valence-electron chi connectivity index (χ0n) is 16.7. The summed E-state index contributed by atoms with van der Waals surface area (Å²) in [6.45, 7) is -0.0396. The molecule has 2 atom stereocenters. The smallest absolute Gasteiger partial charge is 0.269 e. The lowest BCUT2D eigenvalue weighted by Crippen LogP contribution is -2.38. The van der Waals surface area contributed by atoms with E-state index < -0.39 is 22.5 Å². The van der Waals surface area contributed by atoms with E-state index >= 15 is 0 Å². The van der Waals surface area contributed by atoms with E-state index in [9.17, 15) is 25.1 Å². The fourth-order valence-electron chi connectivity index (χ4n) is 4.23. The summed E-state index contributed by atoms with van der Waals surface area (Å²) in [5, 5.41) is 36.1. The molecule has 2 aliphatic heterocycles. The molecular weight excluding hydrogens is 473 g/mol. The topological polar surface area (TPSA) is 127 Å². The first kappa shape index (κ1) is 21.3. The summed E-state index contributed by atoms with van der Waals surface area (Å²) in [6.07, 6.45) is 2.81. The number of nitro groups is 1. The second-order valence-electron chi connectivity index (χ2n) is 7.64. The number of hydrogen-bond donors (Lipinski definition) is 3. The van der Waals surface area contributed by atoms with Crippen LogP contribution in [0.1, 0.15) is 27.6 Å². The highest BCUT2D eigenvalue weighted by Crippen LogP contribution is 2.58. The zero-order valence-corrected chi connectivity index (χ0v) is 18.2. The lowest BCUT2D eigenvalue weighted by molar-refractivity contribution is -0.384. The molecule has 9 nitrogen and oxygen atoms in total. The largest absolute Gasteiger partial charge is 0.494 e. The number of benzene rings is 2. The Balaban J connectivity index is 1.47. The highest BCUT2D eigenvalue weighted by Gasteiger charge is 2.53. The maximum atomic E-state index is 12.7. The third-order valence-electron chi connectivity index (χ3n) is 5.75. The van der Waals surface area contributed by atoms with Gasteiger partial charge in [-0.25, -0.2) is 0 Å². The molecule has 3 N–H and O–H groups in total. The Morgan fingerprint density at radius 2 is 1.91 bits per heavy atom. The Hall–Kier alpha value is -3.53. The first-order valence-corrected chi connectivity index (χ1v) is 10.5. The summed E-state index contributed by atoms with van der Waals surface area (Å²) in [6, 6.07) is 9.88. The van der Waals surface area contributed by atoms with E-state index in [1.165, 1.54) is 41.0 Å². The molecule has 0 saturated carbocycles. The van der Waals surface area contributed by atoms with Crippen LogP contribution in [0.25, 0.3) is 5.69 Å². The molecule has 2 aliphatic rings. The highest BCUT2D eigenvalue weighted by molar-refractivity contribution is 6.36. The number of nitrogens with one attached hydrogen (secondary N) is 1. The molecule has 1 amide bonds. The molecule has 3 aromatic rings. The Morgan fingerprint density at radius 3 is 2.58 bits per heavy atom. The van der Waals surface area contributed by atoms with Gasteiger partial charge in [0.15, 0.2) is 0 Å². The van der Waals surface area contributed by atoms with E-state index in [4.69, 9.17) is 27.9 Å². The number of amides is 1. The number of hydrogen-bond acceptors (Lipinski definition) is 6. The normalized spacial score (nSPS) is 20.1. The minimum absolute atomic E-state index is 0.0396. The van der Waals surface area contributed by atoms with Gasteiger partial charge in [0, 0.05) is 17.2 Å². The van der Waals surface area contributed by atoms with Gasteiger partial charge in [0.25, 0.3) is 11.6 Å². The van der Waals surface area contributed by atoms with Crippen LogP contribution in [-0.4, -0.2) is 32.2 Å². The Bertz CT molecular complexity index is 1350. The van der Waals surface area contributed by atoms with Crippen LogP contribution in [0.4, 0.5) is 5.69 Å². The summed E-state index contributed by atoms with van der Waals surface area (Å²) in [5.41, 5.74) is -0.0911. The summed E-state index contributed by atoms with van der Waals surface area (Å²) in [7, 11) is 0. The van der Waals surface area contributed by atoms with Crippen molar-refractivity contribution in [1.82, 2.24) is 9.88 Å². The zero-order chi connectivity index (χ0) is 23.5. The van der Waals surface area contributed by atoms with Gasteiger partial charge < -0.3 is 20.3 Å². The van der Waals surface area contributed by atoms with Gasteiger partial charge in [-0.05, 0) is 36.4 Å². The molecule has 5 rings (SSSR count). The fourth-order valence-corrected chi connectivity index (χ4v) is 4.73. The van der Waals surface area contributed by atoms with Crippen LogP contribution in [-0.2, 0) is 10.3 Å². The summed E-state index contributed by atoms with van der Waals surface area (Å²) in [5.74, 6) is -1.000. The minimum Gasteiger partial charge on any atom is -0.494 e. The van der Waals surface area contributed by atoms with E-state index in [1.54, 1.807) is 18.2 Å². The molecule has 2 bridgehead atoms. The van der Waals surface area contributed by atoms with E-state index in [2.05, 4.69) is 5.32 Å². The molecule has 1 aromatic heterocycles. The second-order valence-corrected chi connectivity index (χ2v) is 8.48. The number of ether oxygens (including phenoxy) is 1. The lowest BCUT2D eigenvalue weighted by atomic mass is 9.89. The molecule has 11 heteroatoms. The van der Waals surface area contributed by atoms with Crippen molar-refractivity contribution in [2.24, 2.45) is 0 Å². The molecule has 0 fully saturated rings. The van der Waals surface area contributed by atoms with Crippen LogP contribution < -0.4 is 5.32 Å². The number of halogens is 2. The third kappa shape index (κ3) is 3.24. The second kappa shape index (κ2) is 7.51. The summed E-state index contributed by atoms with van der Waals surface area (Å²) < 4.78 is 7.19. The predicted octanol–water partition coefficient (Wildman–Crippen LogP) is 4.37. The van der Waals surface area contributed by atoms with Crippen molar-refractivity contribution in [1.29, 1.82) is 0 Å². The van der Waals surface area contributed by atoms with Crippen molar-refractivity contribution in [3.8, 4) is 17.4 Å². The number of nitro benzene ring substituents is 1. The molecule has 0 radical (unpaired) electrons. The number of aromatic hydroxyl groups is 2. The van der Waals surface area contributed by atoms with Crippen molar-refractivity contribution < 1.29 is 24.7 Å². The molecule has 168 valence electrons. The van der Waals surface area contributed by atoms with Crippen LogP contribution >= 0.6 is 23.2 Å². The number of carbonyl (C=O) groups excluding carboxylic acids is 1. The number of nitrogens with zero attached hydrogens (tertiary/aromatic N) is 2. The maximum Gasteiger partial charge on any atom is 0.269 e. The standard InChI is InChI=1S/C22H15Cl2N3O6/c23-11-1-6-14(15(24)9-11)19(28)25-10-22-8-7-16(33-22)17-18(22)21(30)26(20(17)29)12-2-4-13(5-3-12)27(31)32/h1-9,16,29-30H,10H2,(H,25,28). The average molecular weight is 488 g/mol. The van der Waals surface area contributed by atoms with Gasteiger partial charge in [0.05, 0.1) is 38.9 Å². The van der Waals surface area contributed by atoms with E-state index in [0.717, 1.165) is 0 Å². The van der Waals surface area contributed by atoms with Crippen LogP contribution in [0, 0.1) is 10.1 Å². The molecule has 0 saturated heterocycles. The summed E-state index contributed by atoms with van der Waals surface area (Å²) >= 11 is 12.0. The van der Waals surface area contributed by atoms with Crippen LogP contribution in [0.3, 0.4) is 0 Å². The molecule has 3 heterocycles. The number of carbonyl (C=O) groups is 1. The molecule has 2 unspecified atom stereocenters. The Kier molecular flexibility index (Phi) is 4.86. The number of rotatable bonds is 5. The average Bonchev–Trinajstić information content (AvgIpc) is 3.42. The van der Waals surface area contributed by atoms with Gasteiger partial charge in [-0.2, -0.15) is 0 Å². The van der Waals surface area contributed by atoms with Crippen molar-refractivity contribution in [2.75, 3.05) is 6.54 Å². The number of non-ortho nitro benzene ring substituents is 1. The molecule has 0 spiro atoms. The van der Waals surface area contributed by atoms with Gasteiger partial charge in [-0.1, -0.05) is 29.3 Å². The third-order valence-corrected chi connectivity index (χ3v) is 6.30. The predicted molar refractivity (Wildman–Crippen MR) is 119 cm³/mol. The summed E-state index contributed by atoms with van der Waals surface area (Å²) in [4.78, 5) is 23.1. The van der Waals surface area contributed by atoms with Crippen molar-refractivity contribution in [3.63, 3.8) is 0 Å². The van der Waals surface area contributed by atoms with Gasteiger partial charge in [-0.15, -0.1) is 0 Å². The van der Waals surface area contributed by atoms with Gasteiger partial charge in [-0.3, -0.25) is 19.5 Å². The SMILES string of the molecule is O=C(NCC12C=CC(O1)c1c2c(O)n(-c2ccc([N+](=O)[O-])cc2)c1O)c1ccc(Cl)cc1Cl. The maximum absolute atomic E-state index is 12.7. The molecule has 0 aliphatic carbocycles. The quantitative estimate of drug-likeness (QED) is 0.278.